The van der Waals surface area contributed by atoms with Crippen molar-refractivity contribution in [2.45, 2.75) is 32.2 Å². The first kappa shape index (κ1) is 11.6. The molecule has 1 unspecified atom stereocenters. The highest BCUT2D eigenvalue weighted by atomic mass is 79.9. The first-order chi connectivity index (χ1) is 7.47. The number of hydrogen-bond acceptors (Lipinski definition) is 3. The summed E-state index contributed by atoms with van der Waals surface area (Å²) < 4.78 is 11.7. The van der Waals surface area contributed by atoms with Crippen molar-refractivity contribution in [3.8, 4) is 0 Å². The van der Waals surface area contributed by atoms with Gasteiger partial charge in [0.2, 0.25) is 6.29 Å². The summed E-state index contributed by atoms with van der Waals surface area (Å²) in [6.45, 7) is 3.44. The molecular formula is C12H13BrO3. The summed E-state index contributed by atoms with van der Waals surface area (Å²) in [5, 5.41) is 0. The molecular weight excluding hydrogens is 272 g/mol. The lowest BCUT2D eigenvalue weighted by Crippen LogP contribution is -2.27. The van der Waals surface area contributed by atoms with Crippen molar-refractivity contribution in [1.82, 2.24) is 0 Å². The molecule has 4 heteroatoms. The Balaban J connectivity index is 2.02. The molecule has 1 atom stereocenters. The van der Waals surface area contributed by atoms with Crippen molar-refractivity contribution in [3.05, 3.63) is 34.3 Å². The Morgan fingerprint density at radius 1 is 1.31 bits per heavy atom. The molecule has 0 N–H and O–H groups in total. The molecule has 1 aromatic carbocycles. The van der Waals surface area contributed by atoms with Crippen LogP contribution in [0.4, 0.5) is 0 Å². The number of carbonyl (C=O) groups is 1. The van der Waals surface area contributed by atoms with E-state index >= 15 is 0 Å². The first-order valence-electron chi connectivity index (χ1n) is 5.11. The van der Waals surface area contributed by atoms with E-state index in [1.165, 1.54) is 0 Å². The molecule has 0 bridgehead atoms. The summed E-state index contributed by atoms with van der Waals surface area (Å²) in [4.78, 5) is 11.4. The average Bonchev–Trinajstić information content (AvgIpc) is 2.44. The number of benzene rings is 1. The number of carbonyl (C=O) groups excluding carboxylic acids is 1. The quantitative estimate of drug-likeness (QED) is 0.784. The Labute approximate surface area is 103 Å². The maximum atomic E-state index is 11.4. The lowest BCUT2D eigenvalue weighted by atomic mass is 10.1. The van der Waals surface area contributed by atoms with Gasteiger partial charge in [-0.05, 0) is 31.5 Å². The van der Waals surface area contributed by atoms with Crippen LogP contribution in [0.15, 0.2) is 28.7 Å². The van der Waals surface area contributed by atoms with E-state index in [0.717, 1.165) is 10.0 Å². The van der Waals surface area contributed by atoms with Crippen LogP contribution in [-0.4, -0.2) is 17.9 Å². The minimum Gasteiger partial charge on any atom is -0.433 e. The highest BCUT2D eigenvalue weighted by molar-refractivity contribution is 9.10. The standard InChI is InChI=1S/C12H13BrO3/c1-12(2)11(14)15-10(16-12)7-8-3-5-9(13)6-4-8/h3-6,10H,7H2,1-2H3. The van der Waals surface area contributed by atoms with E-state index in [1.807, 2.05) is 24.3 Å². The van der Waals surface area contributed by atoms with Crippen molar-refractivity contribution in [2.24, 2.45) is 0 Å². The second-order valence-corrected chi connectivity index (χ2v) is 5.21. The van der Waals surface area contributed by atoms with E-state index in [2.05, 4.69) is 15.9 Å². The van der Waals surface area contributed by atoms with E-state index in [0.29, 0.717) is 6.42 Å². The summed E-state index contributed by atoms with van der Waals surface area (Å²) in [5.41, 5.74) is 0.263. The van der Waals surface area contributed by atoms with Crippen molar-refractivity contribution in [3.63, 3.8) is 0 Å². The van der Waals surface area contributed by atoms with E-state index in [-0.39, 0.29) is 5.97 Å². The van der Waals surface area contributed by atoms with Gasteiger partial charge in [-0.2, -0.15) is 0 Å². The van der Waals surface area contributed by atoms with Crippen molar-refractivity contribution < 1.29 is 14.3 Å². The van der Waals surface area contributed by atoms with Crippen LogP contribution in [0.5, 0.6) is 0 Å². The first-order valence-corrected chi connectivity index (χ1v) is 5.90. The SMILES string of the molecule is CC1(C)OC(Cc2ccc(Br)cc2)OC1=O. The summed E-state index contributed by atoms with van der Waals surface area (Å²) in [6.07, 6.45) is 0.117. The number of hydrogen-bond donors (Lipinski definition) is 0. The van der Waals surface area contributed by atoms with Gasteiger partial charge in [0, 0.05) is 10.9 Å². The van der Waals surface area contributed by atoms with Gasteiger partial charge in [0.05, 0.1) is 0 Å². The van der Waals surface area contributed by atoms with Crippen LogP contribution in [-0.2, 0) is 20.7 Å². The molecule has 3 nitrogen and oxygen atoms in total. The third-order valence-electron chi connectivity index (χ3n) is 2.47. The highest BCUT2D eigenvalue weighted by Crippen LogP contribution is 2.26. The van der Waals surface area contributed by atoms with Crippen molar-refractivity contribution in [1.29, 1.82) is 0 Å². The van der Waals surface area contributed by atoms with Crippen LogP contribution in [0.2, 0.25) is 0 Å². The molecule has 2 rings (SSSR count). The Kier molecular flexibility index (Phi) is 3.04. The number of rotatable bonds is 2. The molecule has 1 heterocycles. The maximum absolute atomic E-state index is 11.4. The van der Waals surface area contributed by atoms with Gasteiger partial charge in [-0.1, -0.05) is 28.1 Å². The summed E-state index contributed by atoms with van der Waals surface area (Å²) in [6, 6.07) is 7.87. The number of cyclic esters (lactones) is 1. The zero-order valence-corrected chi connectivity index (χ0v) is 10.8. The second kappa shape index (κ2) is 4.18. The Morgan fingerprint density at radius 2 is 1.94 bits per heavy atom. The smallest absolute Gasteiger partial charge is 0.340 e. The highest BCUT2D eigenvalue weighted by Gasteiger charge is 2.42. The average molecular weight is 285 g/mol. The summed E-state index contributed by atoms with van der Waals surface area (Å²) >= 11 is 3.37. The van der Waals surface area contributed by atoms with Gasteiger partial charge >= 0.3 is 5.97 Å². The van der Waals surface area contributed by atoms with Gasteiger partial charge in [0.15, 0.2) is 5.60 Å². The van der Waals surface area contributed by atoms with Crippen molar-refractivity contribution in [2.75, 3.05) is 0 Å². The Bertz CT molecular complexity index is 397. The van der Waals surface area contributed by atoms with Crippen LogP contribution in [0.25, 0.3) is 0 Å². The molecule has 1 saturated heterocycles. The fraction of sp³-hybridized carbons (Fsp3) is 0.417. The molecule has 0 amide bonds. The van der Waals surface area contributed by atoms with E-state index in [4.69, 9.17) is 9.47 Å². The number of esters is 1. The fourth-order valence-electron chi connectivity index (χ4n) is 1.56. The predicted octanol–water partition coefficient (Wildman–Crippen LogP) is 2.67. The minimum absolute atomic E-state index is 0.297. The lowest BCUT2D eigenvalue weighted by molar-refractivity contribution is -0.144. The molecule has 16 heavy (non-hydrogen) atoms. The van der Waals surface area contributed by atoms with E-state index in [1.54, 1.807) is 13.8 Å². The van der Waals surface area contributed by atoms with Crippen LogP contribution < -0.4 is 0 Å². The topological polar surface area (TPSA) is 35.5 Å². The molecule has 0 radical (unpaired) electrons. The second-order valence-electron chi connectivity index (χ2n) is 4.29. The minimum atomic E-state index is -0.819. The summed E-state index contributed by atoms with van der Waals surface area (Å²) in [5.74, 6) is -0.297. The maximum Gasteiger partial charge on any atom is 0.340 e. The molecule has 0 aliphatic carbocycles. The zero-order valence-electron chi connectivity index (χ0n) is 9.20. The third-order valence-corrected chi connectivity index (χ3v) is 3.00. The largest absolute Gasteiger partial charge is 0.433 e. The normalized spacial score (nSPS) is 23.2. The van der Waals surface area contributed by atoms with E-state index < -0.39 is 11.9 Å². The van der Waals surface area contributed by atoms with Gasteiger partial charge in [-0.3, -0.25) is 0 Å². The molecule has 0 aromatic heterocycles. The van der Waals surface area contributed by atoms with Crippen LogP contribution >= 0.6 is 15.9 Å². The van der Waals surface area contributed by atoms with Crippen LogP contribution in [0.3, 0.4) is 0 Å². The van der Waals surface area contributed by atoms with Gasteiger partial charge in [0.25, 0.3) is 0 Å². The Hall–Kier alpha value is -0.870. The van der Waals surface area contributed by atoms with Crippen molar-refractivity contribution >= 4 is 21.9 Å². The molecule has 86 valence electrons. The molecule has 1 aromatic rings. The van der Waals surface area contributed by atoms with Crippen LogP contribution in [0.1, 0.15) is 19.4 Å². The lowest BCUT2D eigenvalue weighted by Gasteiger charge is -2.12. The predicted molar refractivity (Wildman–Crippen MR) is 62.9 cm³/mol. The monoisotopic (exact) mass is 284 g/mol. The molecule has 1 aliphatic rings. The number of halogens is 1. The Morgan fingerprint density at radius 3 is 2.44 bits per heavy atom. The van der Waals surface area contributed by atoms with Gasteiger partial charge in [-0.15, -0.1) is 0 Å². The van der Waals surface area contributed by atoms with Gasteiger partial charge in [-0.25, -0.2) is 4.79 Å². The molecule has 0 spiro atoms. The third kappa shape index (κ3) is 2.44. The van der Waals surface area contributed by atoms with Gasteiger partial charge < -0.3 is 9.47 Å². The summed E-state index contributed by atoms with van der Waals surface area (Å²) in [7, 11) is 0. The van der Waals surface area contributed by atoms with E-state index in [9.17, 15) is 4.79 Å². The zero-order chi connectivity index (χ0) is 11.8. The molecule has 1 aliphatic heterocycles. The van der Waals surface area contributed by atoms with Crippen LogP contribution in [0, 0.1) is 0 Å². The van der Waals surface area contributed by atoms with Gasteiger partial charge in [0.1, 0.15) is 0 Å². The molecule has 1 fully saturated rings. The number of ether oxygens (including phenoxy) is 2. The fourth-order valence-corrected chi connectivity index (χ4v) is 1.82. The molecule has 0 saturated carbocycles.